The van der Waals surface area contributed by atoms with Crippen LogP contribution in [0.3, 0.4) is 0 Å². The zero-order valence-corrected chi connectivity index (χ0v) is 9.96. The van der Waals surface area contributed by atoms with Gasteiger partial charge in [-0.05, 0) is 35.7 Å². The molecule has 0 amide bonds. The molecular weight excluding hydrogens is 230 g/mol. The van der Waals surface area contributed by atoms with Gasteiger partial charge in [-0.3, -0.25) is 0 Å². The Balaban J connectivity index is 2.25. The summed E-state index contributed by atoms with van der Waals surface area (Å²) < 4.78 is 5.07. The van der Waals surface area contributed by atoms with E-state index in [2.05, 4.69) is 4.98 Å². The summed E-state index contributed by atoms with van der Waals surface area (Å²) >= 11 is 0. The number of carboxylic acids is 1. The van der Waals surface area contributed by atoms with Crippen LogP contribution in [0.4, 0.5) is 0 Å². The second-order valence-electron chi connectivity index (χ2n) is 3.84. The van der Waals surface area contributed by atoms with E-state index in [0.29, 0.717) is 12.0 Å². The largest absolute Gasteiger partial charge is 0.497 e. The van der Waals surface area contributed by atoms with Gasteiger partial charge < -0.3 is 9.84 Å². The summed E-state index contributed by atoms with van der Waals surface area (Å²) in [6, 6.07) is 11.1. The molecule has 92 valence electrons. The Morgan fingerprint density at radius 1 is 1.28 bits per heavy atom. The van der Waals surface area contributed by atoms with Crippen molar-refractivity contribution in [2.24, 2.45) is 0 Å². The van der Waals surface area contributed by atoms with Crippen LogP contribution in [0, 0.1) is 0 Å². The summed E-state index contributed by atoms with van der Waals surface area (Å²) in [5.41, 5.74) is 1.83. The van der Waals surface area contributed by atoms with E-state index in [1.807, 2.05) is 24.3 Å². The van der Waals surface area contributed by atoms with Crippen molar-refractivity contribution in [2.75, 3.05) is 7.11 Å². The van der Waals surface area contributed by atoms with Gasteiger partial charge >= 0.3 is 5.97 Å². The second-order valence-corrected chi connectivity index (χ2v) is 3.84. The molecule has 0 unspecified atom stereocenters. The normalized spacial score (nSPS) is 10.1. The van der Waals surface area contributed by atoms with Gasteiger partial charge in [0.15, 0.2) is 5.69 Å². The maximum absolute atomic E-state index is 11.0. The van der Waals surface area contributed by atoms with Crippen molar-refractivity contribution in [3.05, 3.63) is 59.4 Å². The van der Waals surface area contributed by atoms with E-state index in [0.717, 1.165) is 11.3 Å². The monoisotopic (exact) mass is 243 g/mol. The van der Waals surface area contributed by atoms with Crippen molar-refractivity contribution in [2.45, 2.75) is 6.42 Å². The molecule has 0 spiro atoms. The fraction of sp³-hybridized carbons (Fsp3) is 0.143. The highest BCUT2D eigenvalue weighted by molar-refractivity contribution is 5.87. The van der Waals surface area contributed by atoms with E-state index in [4.69, 9.17) is 9.84 Å². The van der Waals surface area contributed by atoms with Crippen molar-refractivity contribution < 1.29 is 14.6 Å². The molecule has 2 rings (SSSR count). The Labute approximate surface area is 105 Å². The van der Waals surface area contributed by atoms with Crippen molar-refractivity contribution >= 4 is 5.97 Å². The molecule has 0 aliphatic rings. The molecule has 0 saturated carbocycles. The van der Waals surface area contributed by atoms with Gasteiger partial charge in [-0.1, -0.05) is 18.2 Å². The SMILES string of the molecule is COc1ccc(Cc2cccnc2C(=O)O)cc1. The molecule has 1 heterocycles. The van der Waals surface area contributed by atoms with Gasteiger partial charge in [0, 0.05) is 6.20 Å². The Bertz CT molecular complexity index is 549. The van der Waals surface area contributed by atoms with Crippen molar-refractivity contribution in [3.8, 4) is 5.75 Å². The quantitative estimate of drug-likeness (QED) is 0.895. The first-order chi connectivity index (χ1) is 8.70. The van der Waals surface area contributed by atoms with Gasteiger partial charge in [0.2, 0.25) is 0 Å². The lowest BCUT2D eigenvalue weighted by atomic mass is 10.0. The molecule has 4 nitrogen and oxygen atoms in total. The first-order valence-electron chi connectivity index (χ1n) is 5.51. The van der Waals surface area contributed by atoms with Crippen LogP contribution >= 0.6 is 0 Å². The molecule has 0 aliphatic carbocycles. The van der Waals surface area contributed by atoms with Crippen LogP contribution in [-0.4, -0.2) is 23.2 Å². The van der Waals surface area contributed by atoms with Gasteiger partial charge in [-0.25, -0.2) is 9.78 Å². The lowest BCUT2D eigenvalue weighted by Crippen LogP contribution is -2.05. The average Bonchev–Trinajstić information content (AvgIpc) is 2.40. The van der Waals surface area contributed by atoms with Gasteiger partial charge in [-0.15, -0.1) is 0 Å². The molecule has 0 bridgehead atoms. The molecule has 1 aromatic carbocycles. The highest BCUT2D eigenvalue weighted by atomic mass is 16.5. The van der Waals surface area contributed by atoms with E-state index in [-0.39, 0.29) is 5.69 Å². The van der Waals surface area contributed by atoms with Crippen LogP contribution in [0.25, 0.3) is 0 Å². The van der Waals surface area contributed by atoms with E-state index in [1.165, 1.54) is 6.20 Å². The molecule has 1 N–H and O–H groups in total. The van der Waals surface area contributed by atoms with Crippen molar-refractivity contribution in [1.82, 2.24) is 4.98 Å². The van der Waals surface area contributed by atoms with Gasteiger partial charge in [0.25, 0.3) is 0 Å². The standard InChI is InChI=1S/C14H13NO3/c1-18-12-6-4-10(5-7-12)9-11-3-2-8-15-13(11)14(16)17/h2-8H,9H2,1H3,(H,16,17). The molecule has 0 atom stereocenters. The Kier molecular flexibility index (Phi) is 3.57. The lowest BCUT2D eigenvalue weighted by molar-refractivity contribution is 0.0689. The van der Waals surface area contributed by atoms with Crippen LogP contribution in [0.15, 0.2) is 42.6 Å². The smallest absolute Gasteiger partial charge is 0.354 e. The third-order valence-corrected chi connectivity index (χ3v) is 2.65. The maximum Gasteiger partial charge on any atom is 0.354 e. The van der Waals surface area contributed by atoms with E-state index in [1.54, 1.807) is 19.2 Å². The minimum absolute atomic E-state index is 0.105. The number of pyridine rings is 1. The van der Waals surface area contributed by atoms with Crippen LogP contribution in [0.1, 0.15) is 21.6 Å². The minimum atomic E-state index is -1.00. The first kappa shape index (κ1) is 12.1. The number of hydrogen-bond acceptors (Lipinski definition) is 3. The molecule has 2 aromatic rings. The van der Waals surface area contributed by atoms with Gasteiger partial charge in [-0.2, -0.15) is 0 Å². The Hall–Kier alpha value is -2.36. The first-order valence-corrected chi connectivity index (χ1v) is 5.51. The fourth-order valence-corrected chi connectivity index (χ4v) is 1.74. The van der Waals surface area contributed by atoms with Gasteiger partial charge in [0.1, 0.15) is 5.75 Å². The molecule has 0 fully saturated rings. The van der Waals surface area contributed by atoms with Crippen molar-refractivity contribution in [3.63, 3.8) is 0 Å². The second kappa shape index (κ2) is 5.31. The van der Waals surface area contributed by atoms with E-state index in [9.17, 15) is 4.79 Å². The number of benzene rings is 1. The zero-order valence-electron chi connectivity index (χ0n) is 9.96. The molecule has 4 heteroatoms. The van der Waals surface area contributed by atoms with E-state index < -0.39 is 5.97 Å². The molecule has 1 aromatic heterocycles. The molecule has 0 aliphatic heterocycles. The number of ether oxygens (including phenoxy) is 1. The number of carboxylic acid groups (broad SMARTS) is 1. The number of aromatic carboxylic acids is 1. The van der Waals surface area contributed by atoms with Gasteiger partial charge in [0.05, 0.1) is 7.11 Å². The zero-order chi connectivity index (χ0) is 13.0. The summed E-state index contributed by atoms with van der Waals surface area (Å²) in [7, 11) is 1.61. The number of rotatable bonds is 4. The molecule has 0 radical (unpaired) electrons. The number of methoxy groups -OCH3 is 1. The summed E-state index contributed by atoms with van der Waals surface area (Å²) in [5.74, 6) is -0.220. The number of carbonyl (C=O) groups is 1. The number of nitrogens with zero attached hydrogens (tertiary/aromatic N) is 1. The average molecular weight is 243 g/mol. The van der Waals surface area contributed by atoms with Crippen LogP contribution in [0.2, 0.25) is 0 Å². The maximum atomic E-state index is 11.0. The Morgan fingerprint density at radius 2 is 2.00 bits per heavy atom. The van der Waals surface area contributed by atoms with E-state index >= 15 is 0 Å². The molecule has 18 heavy (non-hydrogen) atoms. The van der Waals surface area contributed by atoms with Crippen LogP contribution < -0.4 is 4.74 Å². The van der Waals surface area contributed by atoms with Crippen LogP contribution in [0.5, 0.6) is 5.75 Å². The third kappa shape index (κ3) is 2.66. The minimum Gasteiger partial charge on any atom is -0.497 e. The predicted octanol–water partition coefficient (Wildman–Crippen LogP) is 2.38. The van der Waals surface area contributed by atoms with Crippen LogP contribution in [-0.2, 0) is 6.42 Å². The lowest BCUT2D eigenvalue weighted by Gasteiger charge is -2.06. The summed E-state index contributed by atoms with van der Waals surface area (Å²) in [4.78, 5) is 14.9. The summed E-state index contributed by atoms with van der Waals surface area (Å²) in [5, 5.41) is 9.04. The fourth-order valence-electron chi connectivity index (χ4n) is 1.74. The Morgan fingerprint density at radius 3 is 2.61 bits per heavy atom. The number of aromatic nitrogens is 1. The summed E-state index contributed by atoms with van der Waals surface area (Å²) in [6.07, 6.45) is 2.03. The summed E-state index contributed by atoms with van der Waals surface area (Å²) in [6.45, 7) is 0. The van der Waals surface area contributed by atoms with Crippen molar-refractivity contribution in [1.29, 1.82) is 0 Å². The molecule has 0 saturated heterocycles. The highest BCUT2D eigenvalue weighted by Crippen LogP contribution is 2.16. The number of hydrogen-bond donors (Lipinski definition) is 1. The topological polar surface area (TPSA) is 59.4 Å². The third-order valence-electron chi connectivity index (χ3n) is 2.65. The highest BCUT2D eigenvalue weighted by Gasteiger charge is 2.11. The predicted molar refractivity (Wildman–Crippen MR) is 67.0 cm³/mol. The molecular formula is C14H13NO3.